The third-order valence-electron chi connectivity index (χ3n) is 5.70. The molecule has 34 heavy (non-hydrogen) atoms. The first kappa shape index (κ1) is 27.7. The fourth-order valence-electron chi connectivity index (χ4n) is 3.59. The lowest BCUT2D eigenvalue weighted by molar-refractivity contribution is -0.140. The summed E-state index contributed by atoms with van der Waals surface area (Å²) in [5.74, 6) is -0.731. The van der Waals surface area contributed by atoms with E-state index in [1.165, 1.54) is 11.0 Å². The summed E-state index contributed by atoms with van der Waals surface area (Å²) in [5.41, 5.74) is 1.84. The van der Waals surface area contributed by atoms with Crippen LogP contribution in [0.3, 0.4) is 0 Å². The van der Waals surface area contributed by atoms with Crippen molar-refractivity contribution < 1.29 is 18.0 Å². The van der Waals surface area contributed by atoms with Gasteiger partial charge >= 0.3 is 0 Å². The van der Waals surface area contributed by atoms with E-state index < -0.39 is 28.5 Å². The summed E-state index contributed by atoms with van der Waals surface area (Å²) in [6.45, 7) is 7.20. The molecule has 0 spiro atoms. The Kier molecular flexibility index (Phi) is 9.94. The third-order valence-corrected chi connectivity index (χ3v) is 7.06. The second-order valence-corrected chi connectivity index (χ2v) is 10.8. The molecule has 2 aromatic rings. The molecule has 0 saturated heterocycles. The van der Waals surface area contributed by atoms with Gasteiger partial charge in [-0.1, -0.05) is 61.8 Å². The molecule has 0 aliphatic rings. The van der Waals surface area contributed by atoms with Crippen LogP contribution < -0.4 is 9.62 Å². The first-order valence-electron chi connectivity index (χ1n) is 11.4. The van der Waals surface area contributed by atoms with Gasteiger partial charge in [-0.05, 0) is 49.9 Å². The van der Waals surface area contributed by atoms with E-state index in [1.54, 1.807) is 19.1 Å². The highest BCUT2D eigenvalue weighted by atomic mass is 35.5. The number of nitrogens with zero attached hydrogens (tertiary/aromatic N) is 2. The van der Waals surface area contributed by atoms with Crippen molar-refractivity contribution in [3.05, 3.63) is 64.7 Å². The Morgan fingerprint density at radius 3 is 2.26 bits per heavy atom. The fourth-order valence-corrected chi connectivity index (χ4v) is 4.65. The van der Waals surface area contributed by atoms with Gasteiger partial charge in [-0.3, -0.25) is 13.9 Å². The van der Waals surface area contributed by atoms with Gasteiger partial charge in [0.2, 0.25) is 21.8 Å². The Bertz CT molecular complexity index is 1090. The van der Waals surface area contributed by atoms with Gasteiger partial charge in [-0.2, -0.15) is 0 Å². The van der Waals surface area contributed by atoms with Crippen LogP contribution in [0, 0.1) is 6.92 Å². The van der Waals surface area contributed by atoms with E-state index in [2.05, 4.69) is 5.32 Å². The van der Waals surface area contributed by atoms with E-state index in [0.29, 0.717) is 22.7 Å². The minimum Gasteiger partial charge on any atom is -0.352 e. The number of amides is 2. The molecule has 2 atom stereocenters. The van der Waals surface area contributed by atoms with Crippen molar-refractivity contribution in [1.82, 2.24) is 10.2 Å². The number of carbonyl (C=O) groups is 2. The quantitative estimate of drug-likeness (QED) is 0.495. The smallest absolute Gasteiger partial charge is 0.244 e. The Morgan fingerprint density at radius 2 is 1.71 bits per heavy atom. The number of anilines is 1. The molecule has 186 valence electrons. The molecule has 0 fully saturated rings. The Hall–Kier alpha value is -2.58. The van der Waals surface area contributed by atoms with E-state index in [4.69, 9.17) is 11.6 Å². The van der Waals surface area contributed by atoms with Gasteiger partial charge in [-0.15, -0.1) is 0 Å². The number of hydrogen-bond donors (Lipinski definition) is 1. The van der Waals surface area contributed by atoms with Gasteiger partial charge in [0.15, 0.2) is 0 Å². The van der Waals surface area contributed by atoms with Gasteiger partial charge in [0, 0.05) is 17.6 Å². The Balaban J connectivity index is 2.45. The second kappa shape index (κ2) is 12.2. The minimum absolute atomic E-state index is 0.0446. The number of hydrogen-bond acceptors (Lipinski definition) is 4. The number of halogens is 1. The normalized spacial score (nSPS) is 13.1. The van der Waals surface area contributed by atoms with Crippen molar-refractivity contribution in [3.8, 4) is 0 Å². The van der Waals surface area contributed by atoms with Crippen molar-refractivity contribution in [2.45, 2.75) is 59.2 Å². The zero-order valence-electron chi connectivity index (χ0n) is 20.4. The predicted molar refractivity (Wildman–Crippen MR) is 137 cm³/mol. The molecule has 0 aromatic heterocycles. The molecule has 1 N–H and O–H groups in total. The van der Waals surface area contributed by atoms with Crippen LogP contribution in [0.25, 0.3) is 0 Å². The predicted octanol–water partition coefficient (Wildman–Crippen LogP) is 4.14. The molecule has 0 saturated carbocycles. The second-order valence-electron chi connectivity index (χ2n) is 8.45. The average molecular weight is 508 g/mol. The van der Waals surface area contributed by atoms with Crippen LogP contribution in [0.2, 0.25) is 5.02 Å². The van der Waals surface area contributed by atoms with Crippen molar-refractivity contribution in [2.24, 2.45) is 0 Å². The van der Waals surface area contributed by atoms with Gasteiger partial charge in [-0.25, -0.2) is 8.42 Å². The maximum atomic E-state index is 13.6. The Morgan fingerprint density at radius 1 is 1.06 bits per heavy atom. The average Bonchev–Trinajstić information content (AvgIpc) is 2.78. The zero-order valence-corrected chi connectivity index (χ0v) is 22.0. The summed E-state index contributed by atoms with van der Waals surface area (Å²) in [6, 6.07) is 13.4. The molecule has 2 aromatic carbocycles. The number of sulfonamides is 1. The van der Waals surface area contributed by atoms with Crippen LogP contribution in [0.15, 0.2) is 48.5 Å². The summed E-state index contributed by atoms with van der Waals surface area (Å²) in [7, 11) is -3.81. The monoisotopic (exact) mass is 507 g/mol. The first-order chi connectivity index (χ1) is 16.0. The lowest BCUT2D eigenvalue weighted by atomic mass is 10.1. The highest BCUT2D eigenvalue weighted by Gasteiger charge is 2.32. The van der Waals surface area contributed by atoms with Crippen LogP contribution in [0.4, 0.5) is 5.69 Å². The number of carbonyl (C=O) groups excluding carboxylic acids is 2. The highest BCUT2D eigenvalue weighted by Crippen LogP contribution is 2.27. The van der Waals surface area contributed by atoms with E-state index in [-0.39, 0.29) is 18.5 Å². The highest BCUT2D eigenvalue weighted by molar-refractivity contribution is 7.92. The van der Waals surface area contributed by atoms with Gasteiger partial charge in [0.05, 0.1) is 11.9 Å². The molecule has 0 radical (unpaired) electrons. The summed E-state index contributed by atoms with van der Waals surface area (Å²) in [4.78, 5) is 28.2. The third kappa shape index (κ3) is 7.46. The van der Waals surface area contributed by atoms with Crippen molar-refractivity contribution in [1.29, 1.82) is 0 Å². The molecule has 2 rings (SSSR count). The van der Waals surface area contributed by atoms with E-state index in [0.717, 1.165) is 22.5 Å². The van der Waals surface area contributed by atoms with Crippen molar-refractivity contribution >= 4 is 39.1 Å². The molecule has 0 aliphatic heterocycles. The fraction of sp³-hybridized carbons (Fsp3) is 0.440. The SMILES string of the molecule is CC[C@@H](C)NC(=O)[C@H](CC)N(Cc1ccccc1)C(=O)CN(c1cc(Cl)ccc1C)S(C)(=O)=O. The first-order valence-corrected chi connectivity index (χ1v) is 13.6. The topological polar surface area (TPSA) is 86.8 Å². The van der Waals surface area contributed by atoms with Crippen LogP contribution in [0.1, 0.15) is 44.7 Å². The van der Waals surface area contributed by atoms with E-state index >= 15 is 0 Å². The molecule has 7 nitrogen and oxygen atoms in total. The van der Waals surface area contributed by atoms with E-state index in [1.807, 2.05) is 51.1 Å². The number of nitrogens with one attached hydrogen (secondary N) is 1. The lowest BCUT2D eigenvalue weighted by Crippen LogP contribution is -2.53. The molecule has 0 heterocycles. The van der Waals surface area contributed by atoms with Gasteiger partial charge in [0.25, 0.3) is 0 Å². The molecule has 2 amide bonds. The summed E-state index contributed by atoms with van der Waals surface area (Å²) in [6.07, 6.45) is 2.19. The van der Waals surface area contributed by atoms with Crippen LogP contribution >= 0.6 is 11.6 Å². The van der Waals surface area contributed by atoms with Gasteiger partial charge < -0.3 is 10.2 Å². The summed E-state index contributed by atoms with van der Waals surface area (Å²) in [5, 5.41) is 3.31. The Labute approximate surface area is 208 Å². The lowest BCUT2D eigenvalue weighted by Gasteiger charge is -2.33. The molecule has 0 bridgehead atoms. The zero-order chi connectivity index (χ0) is 25.5. The summed E-state index contributed by atoms with van der Waals surface area (Å²) < 4.78 is 26.5. The maximum absolute atomic E-state index is 13.6. The number of rotatable bonds is 11. The number of benzene rings is 2. The van der Waals surface area contributed by atoms with E-state index in [9.17, 15) is 18.0 Å². The van der Waals surface area contributed by atoms with Gasteiger partial charge in [0.1, 0.15) is 12.6 Å². The van der Waals surface area contributed by atoms with Crippen LogP contribution in [-0.2, 0) is 26.2 Å². The van der Waals surface area contributed by atoms with Crippen molar-refractivity contribution in [2.75, 3.05) is 17.1 Å². The van der Waals surface area contributed by atoms with Crippen molar-refractivity contribution in [3.63, 3.8) is 0 Å². The van der Waals surface area contributed by atoms with Crippen LogP contribution in [0.5, 0.6) is 0 Å². The largest absolute Gasteiger partial charge is 0.352 e. The molecule has 9 heteroatoms. The maximum Gasteiger partial charge on any atom is 0.244 e. The summed E-state index contributed by atoms with van der Waals surface area (Å²) >= 11 is 6.12. The molecular formula is C25H34ClN3O4S. The number of aryl methyl sites for hydroxylation is 1. The van der Waals surface area contributed by atoms with Crippen LogP contribution in [-0.4, -0.2) is 50.0 Å². The molecule has 0 unspecified atom stereocenters. The minimum atomic E-state index is -3.81. The molecular weight excluding hydrogens is 474 g/mol. The standard InChI is InChI=1S/C25H34ClN3O4S/c1-6-19(4)27-25(31)22(7-2)28(16-20-11-9-8-10-12-20)24(30)17-29(34(5,32)33)23-15-21(26)14-13-18(23)3/h8-15,19,22H,6-7,16-17H2,1-5H3,(H,27,31)/t19-,22+/m1/s1. The molecule has 0 aliphatic carbocycles.